The number of hydrogen-bond donors (Lipinski definition) is 4. The van der Waals surface area contributed by atoms with Gasteiger partial charge in [-0.15, -0.1) is 0 Å². The van der Waals surface area contributed by atoms with Gasteiger partial charge in [-0.05, 0) is 14.0 Å². The fraction of sp³-hybridized carbons (Fsp3) is 0.667. The molecule has 1 aromatic rings. The van der Waals surface area contributed by atoms with Crippen molar-refractivity contribution in [3.63, 3.8) is 0 Å². The zero-order chi connectivity index (χ0) is 16.3. The van der Waals surface area contributed by atoms with Gasteiger partial charge in [0.05, 0.1) is 5.75 Å². The molecule has 1 heterocycles. The second-order valence-electron chi connectivity index (χ2n) is 5.71. The molecule has 0 spiro atoms. The van der Waals surface area contributed by atoms with E-state index in [0.717, 1.165) is 5.56 Å². The molecule has 9 heteroatoms. The van der Waals surface area contributed by atoms with Gasteiger partial charge in [-0.3, -0.25) is 0 Å². The Morgan fingerprint density at radius 3 is 2.24 bits per heavy atom. The van der Waals surface area contributed by atoms with E-state index in [0.29, 0.717) is 17.5 Å². The maximum absolute atomic E-state index is 11.4. The highest BCUT2D eigenvalue weighted by molar-refractivity contribution is 7.89. The molecule has 0 saturated heterocycles. The molecule has 120 valence electrons. The van der Waals surface area contributed by atoms with Gasteiger partial charge in [0.15, 0.2) is 0 Å². The van der Waals surface area contributed by atoms with Crippen LogP contribution in [0.3, 0.4) is 0 Å². The number of nitrogens with zero attached hydrogens (tertiary/aromatic N) is 2. The predicted octanol–water partition coefficient (Wildman–Crippen LogP) is 0.329. The highest BCUT2D eigenvalue weighted by Crippen LogP contribution is 2.25. The molecule has 1 aromatic heterocycles. The molecule has 21 heavy (non-hydrogen) atoms. The minimum Gasteiger partial charge on any atom is -0.369 e. The van der Waals surface area contributed by atoms with Gasteiger partial charge in [0.25, 0.3) is 0 Å². The summed E-state index contributed by atoms with van der Waals surface area (Å²) in [5.41, 5.74) is 3.04. The molecule has 0 saturated carbocycles. The van der Waals surface area contributed by atoms with Gasteiger partial charge in [0.2, 0.25) is 10.0 Å². The quantitative estimate of drug-likeness (QED) is 0.440. The SMILES string of the molecule is CNS(=O)(=O)CCNc1nc(C(C)(C)C)nc(NN)c1C. The second-order valence-corrected chi connectivity index (χ2v) is 7.76. The Labute approximate surface area is 126 Å². The van der Waals surface area contributed by atoms with Crippen LogP contribution in [-0.4, -0.2) is 37.7 Å². The molecule has 0 atom stereocenters. The lowest BCUT2D eigenvalue weighted by Crippen LogP contribution is -2.27. The Morgan fingerprint density at radius 1 is 1.19 bits per heavy atom. The number of hydrogen-bond acceptors (Lipinski definition) is 7. The van der Waals surface area contributed by atoms with Crippen molar-refractivity contribution in [3.05, 3.63) is 11.4 Å². The van der Waals surface area contributed by atoms with Gasteiger partial charge in [-0.1, -0.05) is 20.8 Å². The molecule has 0 unspecified atom stereocenters. The van der Waals surface area contributed by atoms with Gasteiger partial charge in [-0.25, -0.2) is 29.0 Å². The first-order chi connectivity index (χ1) is 9.60. The summed E-state index contributed by atoms with van der Waals surface area (Å²) in [5, 5.41) is 3.02. The number of aromatic nitrogens is 2. The number of sulfonamides is 1. The van der Waals surface area contributed by atoms with Gasteiger partial charge in [0.1, 0.15) is 17.5 Å². The molecular weight excluding hydrogens is 292 g/mol. The van der Waals surface area contributed by atoms with Crippen molar-refractivity contribution in [2.75, 3.05) is 30.1 Å². The first-order valence-electron chi connectivity index (χ1n) is 6.61. The summed E-state index contributed by atoms with van der Waals surface area (Å²) in [4.78, 5) is 8.84. The first-order valence-corrected chi connectivity index (χ1v) is 8.27. The largest absolute Gasteiger partial charge is 0.369 e. The topological polar surface area (TPSA) is 122 Å². The van der Waals surface area contributed by atoms with E-state index in [1.54, 1.807) is 0 Å². The number of rotatable bonds is 6. The normalized spacial score (nSPS) is 12.3. The molecule has 8 nitrogen and oxygen atoms in total. The van der Waals surface area contributed by atoms with Crippen LogP contribution in [0.2, 0.25) is 0 Å². The molecule has 0 bridgehead atoms. The van der Waals surface area contributed by atoms with Crippen molar-refractivity contribution in [2.24, 2.45) is 5.84 Å². The minimum atomic E-state index is -3.25. The van der Waals surface area contributed by atoms with E-state index in [2.05, 4.69) is 25.4 Å². The van der Waals surface area contributed by atoms with Gasteiger partial charge < -0.3 is 10.7 Å². The first kappa shape index (κ1) is 17.6. The maximum Gasteiger partial charge on any atom is 0.213 e. The highest BCUT2D eigenvalue weighted by atomic mass is 32.2. The van der Waals surface area contributed by atoms with Crippen LogP contribution in [0.25, 0.3) is 0 Å². The van der Waals surface area contributed by atoms with Crippen molar-refractivity contribution in [2.45, 2.75) is 33.1 Å². The fourth-order valence-corrected chi connectivity index (χ4v) is 2.15. The number of anilines is 2. The Hall–Kier alpha value is -1.45. The molecule has 0 radical (unpaired) electrons. The average molecular weight is 316 g/mol. The zero-order valence-electron chi connectivity index (χ0n) is 13.1. The van der Waals surface area contributed by atoms with Crippen molar-refractivity contribution >= 4 is 21.7 Å². The van der Waals surface area contributed by atoms with Crippen LogP contribution in [0, 0.1) is 6.92 Å². The van der Waals surface area contributed by atoms with E-state index in [1.165, 1.54) is 7.05 Å². The summed E-state index contributed by atoms with van der Waals surface area (Å²) >= 11 is 0. The second kappa shape index (κ2) is 6.54. The number of hydrazine groups is 1. The predicted molar refractivity (Wildman–Crippen MR) is 84.6 cm³/mol. The summed E-state index contributed by atoms with van der Waals surface area (Å²) in [7, 11) is -1.86. The Balaban J connectivity index is 3.01. The third-order valence-electron chi connectivity index (χ3n) is 2.93. The van der Waals surface area contributed by atoms with Crippen molar-refractivity contribution in [3.8, 4) is 0 Å². The highest BCUT2D eigenvalue weighted by Gasteiger charge is 2.21. The lowest BCUT2D eigenvalue weighted by molar-refractivity contribution is 0.546. The Kier molecular flexibility index (Phi) is 5.48. The van der Waals surface area contributed by atoms with E-state index >= 15 is 0 Å². The van der Waals surface area contributed by atoms with Crippen molar-refractivity contribution in [1.29, 1.82) is 0 Å². The Bertz CT molecular complexity index is 595. The van der Waals surface area contributed by atoms with Crippen LogP contribution in [0.1, 0.15) is 32.2 Å². The Morgan fingerprint density at radius 2 is 1.76 bits per heavy atom. The fourth-order valence-electron chi connectivity index (χ4n) is 1.57. The van der Waals surface area contributed by atoms with Gasteiger partial charge >= 0.3 is 0 Å². The van der Waals surface area contributed by atoms with Crippen molar-refractivity contribution in [1.82, 2.24) is 14.7 Å². The lowest BCUT2D eigenvalue weighted by atomic mass is 9.95. The number of nitrogens with two attached hydrogens (primary N) is 1. The average Bonchev–Trinajstić information content (AvgIpc) is 2.39. The third-order valence-corrected chi connectivity index (χ3v) is 4.29. The minimum absolute atomic E-state index is 0.0385. The van der Waals surface area contributed by atoms with Crippen LogP contribution in [-0.2, 0) is 15.4 Å². The number of nitrogens with one attached hydrogen (secondary N) is 3. The number of nitrogen functional groups attached to an aromatic ring is 1. The van der Waals surface area contributed by atoms with Crippen LogP contribution < -0.4 is 21.3 Å². The summed E-state index contributed by atoms with van der Waals surface area (Å²) in [6.45, 7) is 8.04. The van der Waals surface area contributed by atoms with Crippen LogP contribution >= 0.6 is 0 Å². The molecule has 0 amide bonds. The molecule has 0 aliphatic rings. The lowest BCUT2D eigenvalue weighted by Gasteiger charge is -2.20. The monoisotopic (exact) mass is 316 g/mol. The summed E-state index contributed by atoms with van der Waals surface area (Å²) in [5.74, 6) is 7.16. The molecular formula is C12H24N6O2S. The van der Waals surface area contributed by atoms with Crippen molar-refractivity contribution < 1.29 is 8.42 Å². The zero-order valence-corrected chi connectivity index (χ0v) is 13.9. The standard InChI is InChI=1S/C12H24N6O2S/c1-8-9(15-6-7-21(19,20)14-5)16-11(12(2,3)4)17-10(8)18-13/h14H,6-7,13H2,1-5H3,(H2,15,16,17,18). The van der Waals surface area contributed by atoms with E-state index in [9.17, 15) is 8.42 Å². The molecule has 0 fully saturated rings. The van der Waals surface area contributed by atoms with Crippen LogP contribution in [0.15, 0.2) is 0 Å². The third kappa shape index (κ3) is 4.80. The maximum atomic E-state index is 11.4. The molecule has 0 aromatic carbocycles. The summed E-state index contributed by atoms with van der Waals surface area (Å²) < 4.78 is 25.1. The van der Waals surface area contributed by atoms with Crippen LogP contribution in [0.4, 0.5) is 11.6 Å². The van der Waals surface area contributed by atoms with E-state index in [4.69, 9.17) is 5.84 Å². The smallest absolute Gasteiger partial charge is 0.213 e. The van der Waals surface area contributed by atoms with Gasteiger partial charge in [0, 0.05) is 17.5 Å². The molecule has 1 rings (SSSR count). The summed E-state index contributed by atoms with van der Waals surface area (Å²) in [6.07, 6.45) is 0. The summed E-state index contributed by atoms with van der Waals surface area (Å²) in [6, 6.07) is 0. The van der Waals surface area contributed by atoms with Gasteiger partial charge in [-0.2, -0.15) is 0 Å². The van der Waals surface area contributed by atoms with E-state index < -0.39 is 10.0 Å². The molecule has 5 N–H and O–H groups in total. The van der Waals surface area contributed by atoms with E-state index in [-0.39, 0.29) is 17.7 Å². The molecule has 0 aliphatic heterocycles. The van der Waals surface area contributed by atoms with E-state index in [1.807, 2.05) is 27.7 Å². The molecule has 0 aliphatic carbocycles. The van der Waals surface area contributed by atoms with Crippen LogP contribution in [0.5, 0.6) is 0 Å².